The predicted molar refractivity (Wildman–Crippen MR) is 64.2 cm³/mol. The quantitative estimate of drug-likeness (QED) is 0.629. The van der Waals surface area contributed by atoms with Gasteiger partial charge in [-0.25, -0.2) is 9.77 Å². The first-order valence-electron chi connectivity index (χ1n) is 4.88. The van der Waals surface area contributed by atoms with Crippen molar-refractivity contribution in [1.82, 2.24) is 14.9 Å². The summed E-state index contributed by atoms with van der Waals surface area (Å²) in [5, 5.41) is 6.68. The molecule has 1 heterocycles. The number of H-pyrrole nitrogens is 1. The lowest BCUT2D eigenvalue weighted by Crippen LogP contribution is -2.09. The SMILES string of the molecule is CCOc1ccc(-c2n[nH]c(=S)n2N)cc1. The van der Waals surface area contributed by atoms with Crippen LogP contribution in [0.3, 0.4) is 0 Å². The number of nitrogens with two attached hydrogens (primary N) is 1. The van der Waals surface area contributed by atoms with E-state index in [2.05, 4.69) is 10.2 Å². The fraction of sp³-hybridized carbons (Fsp3) is 0.200. The third-order valence-electron chi connectivity index (χ3n) is 2.13. The molecular weight excluding hydrogens is 224 g/mol. The number of nitrogen functional groups attached to an aromatic ring is 1. The molecule has 16 heavy (non-hydrogen) atoms. The fourth-order valence-electron chi connectivity index (χ4n) is 1.38. The number of rotatable bonds is 3. The van der Waals surface area contributed by atoms with Crippen molar-refractivity contribution in [3.05, 3.63) is 29.0 Å². The highest BCUT2D eigenvalue weighted by Crippen LogP contribution is 2.19. The van der Waals surface area contributed by atoms with E-state index in [4.69, 9.17) is 22.8 Å². The number of hydrogen-bond acceptors (Lipinski definition) is 4. The van der Waals surface area contributed by atoms with Gasteiger partial charge >= 0.3 is 0 Å². The van der Waals surface area contributed by atoms with Gasteiger partial charge in [-0.15, -0.1) is 0 Å². The van der Waals surface area contributed by atoms with Crippen LogP contribution in [0.5, 0.6) is 5.75 Å². The number of benzene rings is 1. The molecule has 0 bridgehead atoms. The molecule has 0 saturated heterocycles. The standard InChI is InChI=1S/C10H12N4OS/c1-2-15-8-5-3-7(4-6-8)9-12-13-10(16)14(9)11/h3-6H,2,11H2,1H3,(H,13,16). The van der Waals surface area contributed by atoms with Crippen molar-refractivity contribution >= 4 is 12.2 Å². The average Bonchev–Trinajstić information content (AvgIpc) is 2.62. The second kappa shape index (κ2) is 4.36. The zero-order valence-electron chi connectivity index (χ0n) is 8.80. The smallest absolute Gasteiger partial charge is 0.214 e. The predicted octanol–water partition coefficient (Wildman–Crippen LogP) is 1.72. The molecule has 0 aliphatic carbocycles. The van der Waals surface area contributed by atoms with E-state index in [1.807, 2.05) is 31.2 Å². The maximum absolute atomic E-state index is 5.72. The molecule has 0 spiro atoms. The summed E-state index contributed by atoms with van der Waals surface area (Å²) in [4.78, 5) is 0. The summed E-state index contributed by atoms with van der Waals surface area (Å²) in [5.41, 5.74) is 0.887. The highest BCUT2D eigenvalue weighted by atomic mass is 32.1. The summed E-state index contributed by atoms with van der Waals surface area (Å²) in [6.45, 7) is 2.59. The normalized spacial score (nSPS) is 10.3. The fourth-order valence-corrected chi connectivity index (χ4v) is 1.51. The number of hydrogen-bond donors (Lipinski definition) is 2. The van der Waals surface area contributed by atoms with Gasteiger partial charge < -0.3 is 10.6 Å². The van der Waals surface area contributed by atoms with Crippen LogP contribution in [0.1, 0.15) is 6.92 Å². The second-order valence-corrected chi connectivity index (χ2v) is 3.57. The molecule has 0 aliphatic rings. The van der Waals surface area contributed by atoms with Gasteiger partial charge in [-0.05, 0) is 43.4 Å². The molecule has 1 aromatic heterocycles. The average molecular weight is 236 g/mol. The highest BCUT2D eigenvalue weighted by Gasteiger charge is 2.05. The lowest BCUT2D eigenvalue weighted by atomic mass is 10.2. The molecule has 0 atom stereocenters. The van der Waals surface area contributed by atoms with Gasteiger partial charge in [0.15, 0.2) is 5.82 Å². The maximum atomic E-state index is 5.72. The van der Waals surface area contributed by atoms with E-state index >= 15 is 0 Å². The monoisotopic (exact) mass is 236 g/mol. The molecule has 0 amide bonds. The van der Waals surface area contributed by atoms with Crippen LogP contribution in [-0.4, -0.2) is 21.5 Å². The summed E-state index contributed by atoms with van der Waals surface area (Å²) in [6.07, 6.45) is 0. The summed E-state index contributed by atoms with van der Waals surface area (Å²) in [7, 11) is 0. The van der Waals surface area contributed by atoms with Gasteiger partial charge in [-0.3, -0.25) is 0 Å². The van der Waals surface area contributed by atoms with Crippen molar-refractivity contribution < 1.29 is 4.74 Å². The van der Waals surface area contributed by atoms with Crippen LogP contribution in [-0.2, 0) is 0 Å². The minimum Gasteiger partial charge on any atom is -0.494 e. The van der Waals surface area contributed by atoms with Gasteiger partial charge in [0.1, 0.15) is 5.75 Å². The molecule has 3 N–H and O–H groups in total. The van der Waals surface area contributed by atoms with E-state index in [9.17, 15) is 0 Å². The number of aromatic nitrogens is 3. The van der Waals surface area contributed by atoms with Gasteiger partial charge in [-0.2, -0.15) is 5.10 Å². The topological polar surface area (TPSA) is 68.9 Å². The Bertz CT molecular complexity index is 528. The zero-order valence-corrected chi connectivity index (χ0v) is 9.62. The number of aromatic amines is 1. The molecule has 1 aromatic carbocycles. The van der Waals surface area contributed by atoms with E-state index in [1.165, 1.54) is 4.68 Å². The third-order valence-corrected chi connectivity index (χ3v) is 2.42. The van der Waals surface area contributed by atoms with E-state index in [-0.39, 0.29) is 0 Å². The summed E-state index contributed by atoms with van der Waals surface area (Å²) >= 11 is 4.94. The lowest BCUT2D eigenvalue weighted by molar-refractivity contribution is 0.340. The Morgan fingerprint density at radius 3 is 2.62 bits per heavy atom. The van der Waals surface area contributed by atoms with E-state index in [1.54, 1.807) is 0 Å². The van der Waals surface area contributed by atoms with Gasteiger partial charge in [0.25, 0.3) is 0 Å². The molecule has 0 radical (unpaired) electrons. The Morgan fingerprint density at radius 1 is 1.44 bits per heavy atom. The summed E-state index contributed by atoms with van der Waals surface area (Å²) < 4.78 is 7.08. The molecule has 0 saturated carbocycles. The molecule has 5 nitrogen and oxygen atoms in total. The Labute approximate surface area is 97.8 Å². The van der Waals surface area contributed by atoms with Crippen LogP contribution >= 0.6 is 12.2 Å². The zero-order chi connectivity index (χ0) is 11.5. The number of nitrogens with zero attached hydrogens (tertiary/aromatic N) is 2. The minimum absolute atomic E-state index is 0.392. The molecule has 84 valence electrons. The Hall–Kier alpha value is -1.82. The molecule has 0 aliphatic heterocycles. The van der Waals surface area contributed by atoms with Crippen LogP contribution in [0, 0.1) is 4.77 Å². The van der Waals surface area contributed by atoms with Crippen molar-refractivity contribution in [3.63, 3.8) is 0 Å². The van der Waals surface area contributed by atoms with Gasteiger partial charge in [-0.1, -0.05) is 0 Å². The van der Waals surface area contributed by atoms with Crippen molar-refractivity contribution in [1.29, 1.82) is 0 Å². The van der Waals surface area contributed by atoms with Crippen LogP contribution in [0.25, 0.3) is 11.4 Å². The first-order valence-corrected chi connectivity index (χ1v) is 5.29. The molecule has 0 unspecified atom stereocenters. The van der Waals surface area contributed by atoms with E-state index in [0.29, 0.717) is 17.2 Å². The van der Waals surface area contributed by atoms with Crippen molar-refractivity contribution in [2.75, 3.05) is 12.4 Å². The Morgan fingerprint density at radius 2 is 2.12 bits per heavy atom. The van der Waals surface area contributed by atoms with Crippen molar-refractivity contribution in [3.8, 4) is 17.1 Å². The van der Waals surface area contributed by atoms with Crippen molar-refractivity contribution in [2.45, 2.75) is 6.92 Å². The molecule has 2 aromatic rings. The molecule has 6 heteroatoms. The minimum atomic E-state index is 0.392. The van der Waals surface area contributed by atoms with E-state index < -0.39 is 0 Å². The van der Waals surface area contributed by atoms with Gasteiger partial charge in [0, 0.05) is 5.56 Å². The lowest BCUT2D eigenvalue weighted by Gasteiger charge is -2.04. The van der Waals surface area contributed by atoms with Gasteiger partial charge in [0.05, 0.1) is 6.61 Å². The second-order valence-electron chi connectivity index (χ2n) is 3.18. The number of nitrogens with one attached hydrogen (secondary N) is 1. The molecule has 0 fully saturated rings. The van der Waals surface area contributed by atoms with Crippen LogP contribution < -0.4 is 10.6 Å². The first kappa shape index (κ1) is 10.7. The van der Waals surface area contributed by atoms with Crippen LogP contribution in [0.15, 0.2) is 24.3 Å². The maximum Gasteiger partial charge on any atom is 0.214 e. The molecule has 2 rings (SSSR count). The summed E-state index contributed by atoms with van der Waals surface area (Å²) in [6, 6.07) is 7.52. The van der Waals surface area contributed by atoms with Crippen molar-refractivity contribution in [2.24, 2.45) is 0 Å². The first-order chi connectivity index (χ1) is 7.72. The van der Waals surface area contributed by atoms with Crippen LogP contribution in [0.2, 0.25) is 0 Å². The largest absolute Gasteiger partial charge is 0.494 e. The van der Waals surface area contributed by atoms with E-state index in [0.717, 1.165) is 11.3 Å². The molecular formula is C10H12N4OS. The van der Waals surface area contributed by atoms with Gasteiger partial charge in [0.2, 0.25) is 4.77 Å². The third kappa shape index (κ3) is 1.92. The Balaban J connectivity index is 2.35. The summed E-state index contributed by atoms with van der Waals surface area (Å²) in [5.74, 6) is 7.15. The number of ether oxygens (including phenoxy) is 1. The Kier molecular flexibility index (Phi) is 2.91. The van der Waals surface area contributed by atoms with Crippen LogP contribution in [0.4, 0.5) is 0 Å². The highest BCUT2D eigenvalue weighted by molar-refractivity contribution is 7.71.